The second-order valence-electron chi connectivity index (χ2n) is 8.80. The molecule has 4 rings (SSSR count). The molecule has 13 heteroatoms. The van der Waals surface area contributed by atoms with Gasteiger partial charge in [0.2, 0.25) is 11.5 Å². The first-order valence-electron chi connectivity index (χ1n) is 10.1. The Hall–Kier alpha value is -3.29. The number of aliphatic hydroxyl groups excluding tert-OH is 2. The number of carbonyl (C=O) groups is 3. The molecule has 3 aliphatic rings. The van der Waals surface area contributed by atoms with Gasteiger partial charge in [-0.15, -0.1) is 0 Å². The molecule has 1 fully saturated rings. The number of phenolic OH excluding ortho intramolecular Hbond substituents is 1. The lowest BCUT2D eigenvalue weighted by Gasteiger charge is -2.50. The zero-order valence-corrected chi connectivity index (χ0v) is 19.5. The number of nitro benzene ring substituents is 1. The molecule has 1 saturated carbocycles. The lowest BCUT2D eigenvalue weighted by molar-refractivity contribution is -0.386. The number of ketones is 2. The summed E-state index contributed by atoms with van der Waals surface area (Å²) in [5.74, 6) is -8.19. The number of hydrogen-bond donors (Lipinski definition) is 5. The van der Waals surface area contributed by atoms with E-state index in [4.69, 9.17) is 5.73 Å². The highest BCUT2D eigenvalue weighted by Crippen LogP contribution is 2.54. The van der Waals surface area contributed by atoms with Crippen molar-refractivity contribution < 1.29 is 39.7 Å². The van der Waals surface area contributed by atoms with Crippen LogP contribution in [0.15, 0.2) is 27.4 Å². The van der Waals surface area contributed by atoms with E-state index < -0.39 is 74.4 Å². The first-order valence-corrected chi connectivity index (χ1v) is 10.9. The summed E-state index contributed by atoms with van der Waals surface area (Å²) >= 11 is 3.21. The van der Waals surface area contributed by atoms with Crippen molar-refractivity contribution in [1.29, 1.82) is 0 Å². The van der Waals surface area contributed by atoms with Gasteiger partial charge in [-0.2, -0.15) is 0 Å². The standard InChI is InChI=1S/C21H20BrN3O9/c1-24(2)14-8-4-6-3-7-9(22)5-10(25(33)34)15(26)12(7)16(27)11(6)18(29)21(8,32)19(30)13(17(14)28)20(23)31/h5-6,8,14,26-27,30,32H,3-4H2,1-2H3,(H2,23,31)/t6?,8-,14-,21-/m0/s1. The third kappa shape index (κ3) is 2.93. The number of Topliss-reactive ketones (excluding diaryl/α,β-unsaturated/α-hetero) is 2. The molecule has 0 bridgehead atoms. The summed E-state index contributed by atoms with van der Waals surface area (Å²) < 4.78 is 0.216. The summed E-state index contributed by atoms with van der Waals surface area (Å²) in [7, 11) is 3.00. The summed E-state index contributed by atoms with van der Waals surface area (Å²) in [4.78, 5) is 50.4. The van der Waals surface area contributed by atoms with Crippen LogP contribution >= 0.6 is 15.9 Å². The number of aliphatic hydroxyl groups is 3. The van der Waals surface area contributed by atoms with E-state index in [1.54, 1.807) is 0 Å². The van der Waals surface area contributed by atoms with E-state index in [1.165, 1.54) is 19.0 Å². The fourth-order valence-electron chi connectivity index (χ4n) is 5.39. The van der Waals surface area contributed by atoms with Crippen LogP contribution in [-0.4, -0.2) is 73.5 Å². The third-order valence-corrected chi connectivity index (χ3v) is 7.55. The minimum Gasteiger partial charge on any atom is -0.508 e. The molecule has 0 radical (unpaired) electrons. The highest BCUT2D eigenvalue weighted by molar-refractivity contribution is 9.10. The Morgan fingerprint density at radius 3 is 2.44 bits per heavy atom. The topological polar surface area (TPSA) is 205 Å². The van der Waals surface area contributed by atoms with Crippen LogP contribution in [0.5, 0.6) is 5.75 Å². The number of phenols is 1. The molecule has 0 aromatic heterocycles. The number of primary amides is 1. The van der Waals surface area contributed by atoms with Crippen molar-refractivity contribution in [1.82, 2.24) is 4.90 Å². The maximum Gasteiger partial charge on any atom is 0.312 e. The van der Waals surface area contributed by atoms with Crippen molar-refractivity contribution in [3.63, 3.8) is 0 Å². The van der Waals surface area contributed by atoms with E-state index in [0.29, 0.717) is 5.56 Å². The monoisotopic (exact) mass is 537 g/mol. The number of aromatic hydroxyl groups is 1. The first kappa shape index (κ1) is 23.9. The van der Waals surface area contributed by atoms with Gasteiger partial charge in [-0.05, 0) is 38.4 Å². The smallest absolute Gasteiger partial charge is 0.312 e. The average Bonchev–Trinajstić information content (AvgIpc) is 2.72. The predicted octanol–water partition coefficient (Wildman–Crippen LogP) is 0.635. The van der Waals surface area contributed by atoms with Crippen molar-refractivity contribution in [3.8, 4) is 5.75 Å². The lowest BCUT2D eigenvalue weighted by Crippen LogP contribution is -2.65. The van der Waals surface area contributed by atoms with Crippen LogP contribution in [0.2, 0.25) is 0 Å². The van der Waals surface area contributed by atoms with Gasteiger partial charge >= 0.3 is 5.69 Å². The summed E-state index contributed by atoms with van der Waals surface area (Å²) in [6.45, 7) is 0. The highest BCUT2D eigenvalue weighted by atomic mass is 79.9. The second kappa shape index (κ2) is 7.61. The Balaban J connectivity index is 2.01. The molecule has 1 amide bonds. The van der Waals surface area contributed by atoms with Gasteiger partial charge in [0.05, 0.1) is 16.5 Å². The molecule has 6 N–H and O–H groups in total. The normalized spacial score (nSPS) is 28.6. The molecule has 34 heavy (non-hydrogen) atoms. The Kier molecular flexibility index (Phi) is 5.34. The number of benzene rings is 1. The number of halogens is 1. The second-order valence-corrected chi connectivity index (χ2v) is 9.65. The van der Waals surface area contributed by atoms with Gasteiger partial charge in [-0.1, -0.05) is 15.9 Å². The summed E-state index contributed by atoms with van der Waals surface area (Å²) in [6.07, 6.45) is -0.0450. The maximum absolute atomic E-state index is 13.6. The lowest BCUT2D eigenvalue weighted by atomic mass is 9.57. The number of likely N-dealkylation sites (N-methyl/N-ethyl adjacent to an activating group) is 1. The van der Waals surface area contributed by atoms with E-state index in [9.17, 15) is 44.9 Å². The molecule has 4 atom stereocenters. The largest absolute Gasteiger partial charge is 0.508 e. The van der Waals surface area contributed by atoms with Gasteiger partial charge in [0.1, 0.15) is 17.1 Å². The van der Waals surface area contributed by atoms with E-state index in [2.05, 4.69) is 15.9 Å². The number of rotatable bonds is 3. The zero-order chi connectivity index (χ0) is 25.4. The van der Waals surface area contributed by atoms with Crippen LogP contribution in [0.4, 0.5) is 5.69 Å². The first-order chi connectivity index (χ1) is 15.7. The predicted molar refractivity (Wildman–Crippen MR) is 119 cm³/mol. The molecule has 0 aliphatic heterocycles. The number of carbonyl (C=O) groups excluding carboxylic acids is 3. The van der Waals surface area contributed by atoms with Gasteiger partial charge in [-0.3, -0.25) is 29.4 Å². The Morgan fingerprint density at radius 1 is 1.29 bits per heavy atom. The minimum atomic E-state index is -2.77. The van der Waals surface area contributed by atoms with Crippen LogP contribution < -0.4 is 5.73 Å². The van der Waals surface area contributed by atoms with E-state index in [0.717, 1.165) is 6.07 Å². The number of hydrogen-bond acceptors (Lipinski definition) is 10. The Bertz CT molecular complexity index is 1270. The summed E-state index contributed by atoms with van der Waals surface area (Å²) in [5.41, 5.74) is 0.432. The van der Waals surface area contributed by atoms with Crippen molar-refractivity contribution in [2.24, 2.45) is 17.6 Å². The van der Waals surface area contributed by atoms with E-state index >= 15 is 0 Å². The summed E-state index contributed by atoms with van der Waals surface area (Å²) in [6, 6.07) is -0.111. The van der Waals surface area contributed by atoms with Crippen molar-refractivity contribution in [2.45, 2.75) is 24.5 Å². The van der Waals surface area contributed by atoms with E-state index in [1.807, 2.05) is 0 Å². The number of fused-ring (bicyclic) bond motifs is 3. The molecule has 0 heterocycles. The van der Waals surface area contributed by atoms with E-state index in [-0.39, 0.29) is 28.5 Å². The molecule has 0 saturated heterocycles. The van der Waals surface area contributed by atoms with Gasteiger partial charge in [0.15, 0.2) is 11.4 Å². The molecule has 1 unspecified atom stereocenters. The summed E-state index contributed by atoms with van der Waals surface area (Å²) in [5, 5.41) is 55.0. The van der Waals surface area contributed by atoms with Crippen molar-refractivity contribution in [3.05, 3.63) is 48.7 Å². The maximum atomic E-state index is 13.6. The quantitative estimate of drug-likeness (QED) is 0.206. The Morgan fingerprint density at radius 2 is 1.91 bits per heavy atom. The molecule has 3 aliphatic carbocycles. The molecular formula is C21H20BrN3O9. The van der Waals surface area contributed by atoms with Crippen LogP contribution in [0.25, 0.3) is 5.76 Å². The fraction of sp³-hybridized carbons (Fsp3) is 0.381. The number of nitro groups is 1. The van der Waals surface area contributed by atoms with Crippen LogP contribution in [0, 0.1) is 22.0 Å². The number of nitrogens with two attached hydrogens (primary N) is 1. The van der Waals surface area contributed by atoms with Gasteiger partial charge in [0.25, 0.3) is 5.91 Å². The van der Waals surface area contributed by atoms with Gasteiger partial charge < -0.3 is 26.2 Å². The van der Waals surface area contributed by atoms with Crippen molar-refractivity contribution in [2.75, 3.05) is 14.1 Å². The van der Waals surface area contributed by atoms with Crippen LogP contribution in [0.1, 0.15) is 17.5 Å². The molecule has 180 valence electrons. The SMILES string of the molecule is CN(C)[C@@H]1C(=O)C(C(N)=O)=C(O)[C@@]2(O)C(=O)C3=C(O)c4c(O)c([N+](=O)[O-])cc(Br)c4CC3C[C@@H]12. The van der Waals surface area contributed by atoms with Gasteiger partial charge in [-0.25, -0.2) is 0 Å². The average molecular weight is 538 g/mol. The third-order valence-electron chi connectivity index (χ3n) is 6.84. The molecule has 1 aromatic rings. The van der Waals surface area contributed by atoms with Crippen LogP contribution in [0.3, 0.4) is 0 Å². The van der Waals surface area contributed by atoms with Crippen molar-refractivity contribution >= 4 is 44.9 Å². The van der Waals surface area contributed by atoms with Gasteiger partial charge in [0, 0.05) is 22.0 Å². The number of nitrogens with zero attached hydrogens (tertiary/aromatic N) is 2. The molecular weight excluding hydrogens is 518 g/mol. The molecule has 0 spiro atoms. The fourth-order valence-corrected chi connectivity index (χ4v) is 5.97. The highest BCUT2D eigenvalue weighted by Gasteiger charge is 2.64. The molecule has 12 nitrogen and oxygen atoms in total. The molecule has 1 aromatic carbocycles. The zero-order valence-electron chi connectivity index (χ0n) is 17.9. The number of amides is 1. The minimum absolute atomic E-state index is 0.0284. The van der Waals surface area contributed by atoms with Crippen LogP contribution in [-0.2, 0) is 20.8 Å². The Labute approximate surface area is 200 Å².